The highest BCUT2D eigenvalue weighted by molar-refractivity contribution is 5.79. The molecule has 0 saturated heterocycles. The fourth-order valence-corrected chi connectivity index (χ4v) is 2.81. The fourth-order valence-electron chi connectivity index (χ4n) is 2.81. The Hall–Kier alpha value is -1.18. The lowest BCUT2D eigenvalue weighted by Crippen LogP contribution is -2.25. The molecule has 1 aromatic carbocycles. The van der Waals surface area contributed by atoms with Crippen molar-refractivity contribution in [2.24, 2.45) is 0 Å². The van der Waals surface area contributed by atoms with E-state index >= 15 is 0 Å². The summed E-state index contributed by atoms with van der Waals surface area (Å²) in [5.41, 5.74) is 6.11. The average Bonchev–Trinajstić information content (AvgIpc) is 2.14. The molecule has 0 radical (unpaired) electrons. The Morgan fingerprint density at radius 2 is 1.47 bits per heavy atom. The number of benzene rings is 1. The van der Waals surface area contributed by atoms with E-state index in [2.05, 4.69) is 61.5 Å². The van der Waals surface area contributed by atoms with Gasteiger partial charge in [-0.3, -0.25) is 9.15 Å². The van der Waals surface area contributed by atoms with Gasteiger partial charge in [-0.05, 0) is 33.9 Å². The van der Waals surface area contributed by atoms with Crippen LogP contribution in [0.15, 0.2) is 15.2 Å². The Bertz CT molecular complexity index is 583. The molecular formula is C17H26O2. The zero-order chi connectivity index (χ0) is 14.6. The predicted molar refractivity (Wildman–Crippen MR) is 80.0 cm³/mol. The minimum absolute atomic E-state index is 0.0934. The normalized spacial score (nSPS) is 13.7. The molecule has 0 fully saturated rings. The first-order chi connectivity index (χ1) is 8.53. The van der Waals surface area contributed by atoms with Crippen LogP contribution < -0.4 is 0 Å². The van der Waals surface area contributed by atoms with E-state index in [1.54, 1.807) is 0 Å². The number of rotatable bonds is 1. The molecule has 0 unspecified atom stereocenters. The lowest BCUT2D eigenvalue weighted by molar-refractivity contribution is 0.0574. The maximum absolute atomic E-state index is 5.27. The van der Waals surface area contributed by atoms with Crippen LogP contribution in [-0.2, 0) is 10.8 Å². The molecule has 0 amide bonds. The maximum atomic E-state index is 5.27. The van der Waals surface area contributed by atoms with Crippen molar-refractivity contribution >= 4 is 11.2 Å². The summed E-state index contributed by atoms with van der Waals surface area (Å²) in [7, 11) is 0. The van der Waals surface area contributed by atoms with Gasteiger partial charge in [0.05, 0.1) is 0 Å². The van der Waals surface area contributed by atoms with Gasteiger partial charge in [-0.25, -0.2) is 0 Å². The van der Waals surface area contributed by atoms with Crippen molar-refractivity contribution < 1.29 is 9.15 Å². The highest BCUT2D eigenvalue weighted by Gasteiger charge is 2.32. The largest absolute Gasteiger partial charge is 0.286 e. The first kappa shape index (κ1) is 14.2. The molecule has 0 aliphatic rings. The van der Waals surface area contributed by atoms with Crippen LogP contribution in [0.1, 0.15) is 78.0 Å². The lowest BCUT2D eigenvalue weighted by atomic mass is 9.71. The van der Waals surface area contributed by atoms with Gasteiger partial charge in [-0.15, -0.1) is 0 Å². The molecule has 0 N–H and O–H groups in total. The molecule has 2 rings (SSSR count). The van der Waals surface area contributed by atoms with Crippen LogP contribution in [0.25, 0.3) is 11.2 Å². The van der Waals surface area contributed by atoms with Crippen LogP contribution in [-0.4, -0.2) is 0 Å². The van der Waals surface area contributed by atoms with Gasteiger partial charge in [0, 0.05) is 5.56 Å². The van der Waals surface area contributed by atoms with Crippen molar-refractivity contribution in [3.8, 4) is 0 Å². The van der Waals surface area contributed by atoms with Gasteiger partial charge >= 0.3 is 0 Å². The third-order valence-electron chi connectivity index (χ3n) is 3.63. The van der Waals surface area contributed by atoms with Crippen molar-refractivity contribution in [2.75, 3.05) is 0 Å². The molecule has 19 heavy (non-hydrogen) atoms. The summed E-state index contributed by atoms with van der Waals surface area (Å²) in [6, 6.07) is 2.16. The zero-order valence-electron chi connectivity index (χ0n) is 13.5. The van der Waals surface area contributed by atoms with Crippen LogP contribution in [0.3, 0.4) is 0 Å². The Balaban J connectivity index is 2.89. The van der Waals surface area contributed by atoms with Crippen LogP contribution >= 0.6 is 0 Å². The van der Waals surface area contributed by atoms with Crippen LogP contribution in [0.2, 0.25) is 0 Å². The molecule has 2 nitrogen and oxygen atoms in total. The number of hydrogen-bond acceptors (Lipinski definition) is 2. The molecule has 0 spiro atoms. The molecule has 1 aromatic heterocycles. The Kier molecular flexibility index (Phi) is 3.11. The van der Waals surface area contributed by atoms with Gasteiger partial charge in [0.15, 0.2) is 0 Å². The fraction of sp³-hybridized carbons (Fsp3) is 0.647. The van der Waals surface area contributed by atoms with Crippen LogP contribution in [0, 0.1) is 0 Å². The van der Waals surface area contributed by atoms with E-state index in [4.69, 9.17) is 9.15 Å². The quantitative estimate of drug-likeness (QED) is 0.612. The monoisotopic (exact) mass is 262 g/mol. The summed E-state index contributed by atoms with van der Waals surface area (Å²) in [6.07, 6.45) is 0. The zero-order valence-corrected chi connectivity index (χ0v) is 13.5. The van der Waals surface area contributed by atoms with Crippen molar-refractivity contribution in [3.05, 3.63) is 22.8 Å². The standard InChI is InChI=1S/C17H26O2/c1-10(2)13-14(17(6,7)8)11(16(3,4)5)9-12-15(13)19-18-12/h9-10H,1-8H3. The first-order valence-corrected chi connectivity index (χ1v) is 7.10. The minimum Gasteiger partial charge on any atom is -0.286 e. The second kappa shape index (κ2) is 4.16. The molecule has 2 aromatic rings. The van der Waals surface area contributed by atoms with E-state index in [9.17, 15) is 0 Å². The lowest BCUT2D eigenvalue weighted by Gasteiger charge is -2.33. The van der Waals surface area contributed by atoms with Gasteiger partial charge in [-0.1, -0.05) is 55.4 Å². The maximum Gasteiger partial charge on any atom is 0.229 e. The van der Waals surface area contributed by atoms with Crippen LogP contribution in [0.4, 0.5) is 0 Å². The highest BCUT2D eigenvalue weighted by Crippen LogP contribution is 2.43. The summed E-state index contributed by atoms with van der Waals surface area (Å²) in [6.45, 7) is 18.0. The molecule has 2 heteroatoms. The Morgan fingerprint density at radius 1 is 0.895 bits per heavy atom. The van der Waals surface area contributed by atoms with E-state index in [1.807, 2.05) is 0 Å². The van der Waals surface area contributed by atoms with Gasteiger partial charge in [0.1, 0.15) is 0 Å². The summed E-state index contributed by atoms with van der Waals surface area (Å²) in [5.74, 6) is 0.425. The number of hydrogen-bond donors (Lipinski definition) is 0. The molecule has 1 heterocycles. The molecule has 106 valence electrons. The Labute approximate surface area is 116 Å². The predicted octanol–water partition coefficient (Wildman–Crippen LogP) is 5.74. The highest BCUT2D eigenvalue weighted by atomic mass is 17.0. The SMILES string of the molecule is CC(C)c1c(C(C)(C)C)c(C(C)(C)C)cc2ooc12. The third kappa shape index (κ3) is 2.33. The van der Waals surface area contributed by atoms with Gasteiger partial charge in [0.25, 0.3) is 0 Å². The second-order valence-corrected chi connectivity index (χ2v) is 7.86. The van der Waals surface area contributed by atoms with E-state index in [1.165, 1.54) is 16.7 Å². The summed E-state index contributed by atoms with van der Waals surface area (Å²) in [4.78, 5) is 0. The van der Waals surface area contributed by atoms with Gasteiger partial charge in [-0.2, -0.15) is 0 Å². The summed E-state index contributed by atoms with van der Waals surface area (Å²) < 4.78 is 10.4. The van der Waals surface area contributed by atoms with Crippen molar-refractivity contribution in [1.29, 1.82) is 0 Å². The van der Waals surface area contributed by atoms with Crippen molar-refractivity contribution in [3.63, 3.8) is 0 Å². The second-order valence-electron chi connectivity index (χ2n) is 7.86. The van der Waals surface area contributed by atoms with Crippen LogP contribution in [0.5, 0.6) is 0 Å². The molecule has 0 aliphatic heterocycles. The molecular weight excluding hydrogens is 236 g/mol. The molecule has 0 aliphatic carbocycles. The van der Waals surface area contributed by atoms with E-state index in [-0.39, 0.29) is 10.8 Å². The minimum atomic E-state index is 0.0934. The summed E-state index contributed by atoms with van der Waals surface area (Å²) >= 11 is 0. The number of fused-ring (bicyclic) bond motifs is 1. The first-order valence-electron chi connectivity index (χ1n) is 7.10. The topological polar surface area (TPSA) is 26.3 Å². The van der Waals surface area contributed by atoms with E-state index in [0.717, 1.165) is 11.2 Å². The van der Waals surface area contributed by atoms with Crippen molar-refractivity contribution in [1.82, 2.24) is 0 Å². The Morgan fingerprint density at radius 3 is 1.79 bits per heavy atom. The molecule has 0 saturated carbocycles. The average molecular weight is 262 g/mol. The molecule has 0 bridgehead atoms. The van der Waals surface area contributed by atoms with E-state index < -0.39 is 0 Å². The summed E-state index contributed by atoms with van der Waals surface area (Å²) in [5, 5.41) is 0. The third-order valence-corrected chi connectivity index (χ3v) is 3.63. The van der Waals surface area contributed by atoms with E-state index in [0.29, 0.717) is 5.92 Å². The van der Waals surface area contributed by atoms with Gasteiger partial charge < -0.3 is 0 Å². The van der Waals surface area contributed by atoms with Crippen molar-refractivity contribution in [2.45, 2.75) is 72.1 Å². The molecule has 0 atom stereocenters. The van der Waals surface area contributed by atoms with Gasteiger partial charge in [0.2, 0.25) is 11.2 Å². The smallest absolute Gasteiger partial charge is 0.229 e.